The summed E-state index contributed by atoms with van der Waals surface area (Å²) in [6.07, 6.45) is 0.298. The van der Waals surface area contributed by atoms with Crippen molar-refractivity contribution in [2.75, 3.05) is 25.3 Å². The van der Waals surface area contributed by atoms with Gasteiger partial charge in [0, 0.05) is 23.1 Å². The van der Waals surface area contributed by atoms with Gasteiger partial charge in [-0.05, 0) is 18.2 Å². The van der Waals surface area contributed by atoms with Crippen LogP contribution in [0.4, 0.5) is 5.69 Å². The maximum absolute atomic E-state index is 12.2. The van der Waals surface area contributed by atoms with Crippen molar-refractivity contribution in [2.24, 2.45) is 5.73 Å². The summed E-state index contributed by atoms with van der Waals surface area (Å²) in [5.41, 5.74) is 5.86. The van der Waals surface area contributed by atoms with Crippen molar-refractivity contribution in [3.63, 3.8) is 0 Å². The first-order chi connectivity index (χ1) is 12.0. The van der Waals surface area contributed by atoms with Gasteiger partial charge in [0.05, 0.1) is 25.5 Å². The first-order valence-corrected chi connectivity index (χ1v) is 8.57. The highest BCUT2D eigenvalue weighted by Gasteiger charge is 2.16. The molecule has 0 saturated carbocycles. The second kappa shape index (κ2) is 8.98. The van der Waals surface area contributed by atoms with Crippen molar-refractivity contribution in [3.8, 4) is 11.5 Å². The standard InChI is InChI=1S/C18H20N2O4S/c1-23-15-10-13(18(19)22)14(11-16(15)24-2)20-17(21)8-9-25-12-6-4-3-5-7-12/h3-7,10-11H,8-9H2,1-2H3,(H2,19,22)(H,20,21). The second-order valence-corrected chi connectivity index (χ2v) is 6.25. The molecule has 0 aliphatic carbocycles. The molecule has 0 aromatic heterocycles. The van der Waals surface area contributed by atoms with E-state index in [1.807, 2.05) is 30.3 Å². The van der Waals surface area contributed by atoms with Crippen molar-refractivity contribution in [3.05, 3.63) is 48.0 Å². The average molecular weight is 360 g/mol. The van der Waals surface area contributed by atoms with E-state index in [1.165, 1.54) is 26.4 Å². The molecule has 0 bridgehead atoms. The van der Waals surface area contributed by atoms with Crippen LogP contribution in [0.15, 0.2) is 47.4 Å². The number of anilines is 1. The number of carbonyl (C=O) groups excluding carboxylic acids is 2. The molecule has 0 aliphatic heterocycles. The summed E-state index contributed by atoms with van der Waals surface area (Å²) in [7, 11) is 2.94. The van der Waals surface area contributed by atoms with Crippen LogP contribution in [0.3, 0.4) is 0 Å². The number of thioether (sulfide) groups is 1. The second-order valence-electron chi connectivity index (χ2n) is 5.08. The molecule has 0 spiro atoms. The SMILES string of the molecule is COc1cc(NC(=O)CCSc2ccccc2)c(C(N)=O)cc1OC. The van der Waals surface area contributed by atoms with E-state index < -0.39 is 5.91 Å². The molecule has 0 atom stereocenters. The zero-order valence-electron chi connectivity index (χ0n) is 14.1. The van der Waals surface area contributed by atoms with Crippen LogP contribution in [-0.2, 0) is 4.79 Å². The molecule has 2 amide bonds. The molecule has 0 heterocycles. The molecule has 0 fully saturated rings. The van der Waals surface area contributed by atoms with E-state index in [4.69, 9.17) is 15.2 Å². The fourth-order valence-electron chi connectivity index (χ4n) is 2.18. The summed E-state index contributed by atoms with van der Waals surface area (Å²) in [4.78, 5) is 24.9. The average Bonchev–Trinajstić information content (AvgIpc) is 2.62. The number of nitrogens with two attached hydrogens (primary N) is 1. The van der Waals surface area contributed by atoms with Crippen LogP contribution in [0.2, 0.25) is 0 Å². The quantitative estimate of drug-likeness (QED) is 0.707. The van der Waals surface area contributed by atoms with E-state index in [2.05, 4.69) is 5.32 Å². The molecule has 0 radical (unpaired) electrons. The first kappa shape index (κ1) is 18.7. The lowest BCUT2D eigenvalue weighted by Gasteiger charge is -2.14. The number of ether oxygens (including phenoxy) is 2. The Labute approximate surface area is 150 Å². The number of hydrogen-bond acceptors (Lipinski definition) is 5. The van der Waals surface area contributed by atoms with Crippen LogP contribution in [0.5, 0.6) is 11.5 Å². The molecule has 0 aliphatic rings. The molecule has 6 nitrogen and oxygen atoms in total. The third kappa shape index (κ3) is 5.15. The lowest BCUT2D eigenvalue weighted by molar-refractivity contribution is -0.115. The van der Waals surface area contributed by atoms with Crippen molar-refractivity contribution in [1.82, 2.24) is 0 Å². The Kier molecular flexibility index (Phi) is 6.71. The largest absolute Gasteiger partial charge is 0.493 e. The van der Waals surface area contributed by atoms with E-state index >= 15 is 0 Å². The van der Waals surface area contributed by atoms with E-state index in [9.17, 15) is 9.59 Å². The number of rotatable bonds is 8. The number of primary amides is 1. The number of hydrogen-bond donors (Lipinski definition) is 2. The first-order valence-electron chi connectivity index (χ1n) is 7.58. The lowest BCUT2D eigenvalue weighted by atomic mass is 10.1. The Bertz CT molecular complexity index is 750. The highest BCUT2D eigenvalue weighted by Crippen LogP contribution is 2.33. The zero-order valence-corrected chi connectivity index (χ0v) is 14.9. The Balaban J connectivity index is 2.05. The summed E-state index contributed by atoms with van der Waals surface area (Å²) >= 11 is 1.59. The van der Waals surface area contributed by atoms with Crippen LogP contribution >= 0.6 is 11.8 Å². The third-order valence-electron chi connectivity index (χ3n) is 3.40. The van der Waals surface area contributed by atoms with Gasteiger partial charge in [-0.1, -0.05) is 18.2 Å². The summed E-state index contributed by atoms with van der Waals surface area (Å²) in [5.74, 6) is 0.526. The van der Waals surface area contributed by atoms with Gasteiger partial charge in [0.2, 0.25) is 5.91 Å². The van der Waals surface area contributed by atoms with Crippen LogP contribution in [0, 0.1) is 0 Å². The van der Waals surface area contributed by atoms with Crippen LogP contribution in [0.25, 0.3) is 0 Å². The van der Waals surface area contributed by atoms with E-state index in [0.29, 0.717) is 29.4 Å². The van der Waals surface area contributed by atoms with Gasteiger partial charge in [-0.3, -0.25) is 9.59 Å². The monoisotopic (exact) mass is 360 g/mol. The Morgan fingerprint density at radius 2 is 1.72 bits per heavy atom. The number of methoxy groups -OCH3 is 2. The van der Waals surface area contributed by atoms with E-state index in [0.717, 1.165) is 4.90 Å². The van der Waals surface area contributed by atoms with Gasteiger partial charge in [-0.25, -0.2) is 0 Å². The highest BCUT2D eigenvalue weighted by atomic mass is 32.2. The number of carbonyl (C=O) groups is 2. The number of benzene rings is 2. The predicted octanol–water partition coefficient (Wildman–Crippen LogP) is 2.92. The van der Waals surface area contributed by atoms with E-state index in [1.54, 1.807) is 11.8 Å². The fourth-order valence-corrected chi connectivity index (χ4v) is 3.05. The molecule has 132 valence electrons. The van der Waals surface area contributed by atoms with Crippen LogP contribution in [0.1, 0.15) is 16.8 Å². The maximum Gasteiger partial charge on any atom is 0.250 e. The molecular weight excluding hydrogens is 340 g/mol. The van der Waals surface area contributed by atoms with Gasteiger partial charge in [-0.15, -0.1) is 11.8 Å². The number of amides is 2. The molecule has 2 rings (SSSR count). The normalized spacial score (nSPS) is 10.2. The van der Waals surface area contributed by atoms with Gasteiger partial charge in [0.15, 0.2) is 11.5 Å². The zero-order chi connectivity index (χ0) is 18.2. The van der Waals surface area contributed by atoms with Gasteiger partial charge in [-0.2, -0.15) is 0 Å². The Hall–Kier alpha value is -2.67. The molecular formula is C18H20N2O4S. The minimum absolute atomic E-state index is 0.168. The lowest BCUT2D eigenvalue weighted by Crippen LogP contribution is -2.19. The smallest absolute Gasteiger partial charge is 0.250 e. The summed E-state index contributed by atoms with van der Waals surface area (Å²) in [5, 5.41) is 2.72. The topological polar surface area (TPSA) is 90.6 Å². The maximum atomic E-state index is 12.2. The van der Waals surface area contributed by atoms with Crippen molar-refractivity contribution < 1.29 is 19.1 Å². The van der Waals surface area contributed by atoms with Crippen molar-refractivity contribution in [2.45, 2.75) is 11.3 Å². The Morgan fingerprint density at radius 3 is 2.32 bits per heavy atom. The van der Waals surface area contributed by atoms with Crippen molar-refractivity contribution in [1.29, 1.82) is 0 Å². The van der Waals surface area contributed by atoms with Crippen LogP contribution in [-0.4, -0.2) is 31.8 Å². The summed E-state index contributed by atoms with van der Waals surface area (Å²) < 4.78 is 10.4. The molecule has 2 aromatic carbocycles. The summed E-state index contributed by atoms with van der Waals surface area (Å²) in [6, 6.07) is 12.8. The van der Waals surface area contributed by atoms with Gasteiger partial charge in [0.25, 0.3) is 5.91 Å². The molecule has 0 saturated heterocycles. The van der Waals surface area contributed by atoms with E-state index in [-0.39, 0.29) is 11.5 Å². The molecule has 3 N–H and O–H groups in total. The predicted molar refractivity (Wildman–Crippen MR) is 98.5 cm³/mol. The summed E-state index contributed by atoms with van der Waals surface area (Å²) in [6.45, 7) is 0. The fraction of sp³-hybridized carbons (Fsp3) is 0.222. The molecule has 0 unspecified atom stereocenters. The molecule has 2 aromatic rings. The molecule has 7 heteroatoms. The van der Waals surface area contributed by atoms with Crippen LogP contribution < -0.4 is 20.5 Å². The van der Waals surface area contributed by atoms with Crippen molar-refractivity contribution >= 4 is 29.3 Å². The molecule has 25 heavy (non-hydrogen) atoms. The van der Waals surface area contributed by atoms with Gasteiger partial charge in [0.1, 0.15) is 0 Å². The Morgan fingerprint density at radius 1 is 1.08 bits per heavy atom. The minimum Gasteiger partial charge on any atom is -0.493 e. The van der Waals surface area contributed by atoms with Gasteiger partial charge < -0.3 is 20.5 Å². The highest BCUT2D eigenvalue weighted by molar-refractivity contribution is 7.99. The minimum atomic E-state index is -0.657. The van der Waals surface area contributed by atoms with Gasteiger partial charge >= 0.3 is 0 Å². The third-order valence-corrected chi connectivity index (χ3v) is 4.42. The number of nitrogens with one attached hydrogen (secondary N) is 1.